The number of benzene rings is 1. The van der Waals surface area contributed by atoms with Crippen LogP contribution in [0, 0.1) is 17.8 Å². The Hall–Kier alpha value is -7.15. The van der Waals surface area contributed by atoms with Gasteiger partial charge in [-0.1, -0.05) is 81.5 Å². The lowest BCUT2D eigenvalue weighted by Gasteiger charge is -2.28. The number of nitrogens with one attached hydrogen (secondary N) is 6. The van der Waals surface area contributed by atoms with Gasteiger partial charge in [0.15, 0.2) is 5.96 Å². The van der Waals surface area contributed by atoms with Crippen molar-refractivity contribution in [2.75, 3.05) is 32.7 Å². The van der Waals surface area contributed by atoms with E-state index < -0.39 is 142 Å². The molecule has 0 unspecified atom stereocenters. The molecule has 1 heterocycles. The Morgan fingerprint density at radius 3 is 2.03 bits per heavy atom. The summed E-state index contributed by atoms with van der Waals surface area (Å²) in [6, 6.07) is 0.0664. The summed E-state index contributed by atoms with van der Waals surface area (Å²) >= 11 is 0. The highest BCUT2D eigenvalue weighted by Crippen LogP contribution is 2.19. The van der Waals surface area contributed by atoms with Crippen molar-refractivity contribution in [1.29, 1.82) is 0 Å². The summed E-state index contributed by atoms with van der Waals surface area (Å²) in [6.45, 7) is 11.0. The lowest BCUT2D eigenvalue weighted by Crippen LogP contribution is -2.59. The summed E-state index contributed by atoms with van der Waals surface area (Å²) in [5.74, 6) is -14.2. The van der Waals surface area contributed by atoms with Gasteiger partial charge < -0.3 is 63.2 Å². The topological polar surface area (TPSA) is 377 Å². The molecule has 24 nitrogen and oxygen atoms in total. The first-order valence-corrected chi connectivity index (χ1v) is 25.5. The van der Waals surface area contributed by atoms with Gasteiger partial charge in [-0.25, -0.2) is 18.0 Å². The number of aliphatic carboxylic acids is 2. The van der Waals surface area contributed by atoms with Crippen LogP contribution in [-0.2, 0) is 64.1 Å². The number of guanidine groups is 1. The molecule has 2 rings (SSSR count). The number of methoxy groups -OCH3 is 1. The van der Waals surface area contributed by atoms with Crippen LogP contribution in [-0.4, -0.2) is 158 Å². The fourth-order valence-electron chi connectivity index (χ4n) is 7.35. The molecule has 0 bridgehead atoms. The van der Waals surface area contributed by atoms with Gasteiger partial charge in [0.2, 0.25) is 35.4 Å². The number of carbonyl (C=O) groups is 9. The quantitative estimate of drug-likeness (QED) is 0.0312. The number of nitrogens with two attached hydrogens (primary N) is 2. The van der Waals surface area contributed by atoms with Crippen molar-refractivity contribution in [1.82, 2.24) is 36.8 Å². The maximum absolute atomic E-state index is 14.4. The number of carboxylic acid groups (broad SMARTS) is 2. The third-order valence-corrected chi connectivity index (χ3v) is 13.0. The van der Waals surface area contributed by atoms with E-state index in [1.54, 1.807) is 20.1 Å². The fourth-order valence-corrected chi connectivity index (χ4v) is 8.02. The van der Waals surface area contributed by atoms with Crippen LogP contribution in [0.3, 0.4) is 0 Å². The molecule has 1 aliphatic heterocycles. The average molecular weight is 1050 g/mol. The van der Waals surface area contributed by atoms with Gasteiger partial charge in [-0.15, -0.1) is 0 Å². The molecule has 1 saturated heterocycles. The smallest absolute Gasteiger partial charge is 0.327 e. The molecule has 404 valence electrons. The fraction of sp³-hybridized carbons (Fsp3) is 0.542. The lowest BCUT2D eigenvalue weighted by molar-refractivity contribution is -0.146. The highest BCUT2D eigenvalue weighted by Gasteiger charge is 2.37. The summed E-state index contributed by atoms with van der Waals surface area (Å²) in [5, 5.41) is 34.9. The number of ether oxygens (including phenoxy) is 1. The van der Waals surface area contributed by atoms with Gasteiger partial charge in [0.05, 0.1) is 29.7 Å². The van der Waals surface area contributed by atoms with Crippen molar-refractivity contribution in [3.63, 3.8) is 0 Å². The number of likely N-dealkylation sites (N-methyl/N-ethyl adjacent to an activating group) is 1. The molecule has 7 amide bonds. The van der Waals surface area contributed by atoms with E-state index >= 15 is 0 Å². The van der Waals surface area contributed by atoms with E-state index in [1.807, 2.05) is 43.3 Å². The standard InChI is InChI=1S/C48H72N10O14S/c1-26(24-27(2)37(72-8)25-32-14-11-10-12-15-32)17-18-33-28(3)40(60)56-36(46(66)67)19-20-38(59)58(7)31(6)43(63)52-30(5)42(62)55-35(21-23-73(9,70)71)45(65)57-39(47(68)69)29(4)41(61)54-34(44(64)53-33)16-13-22-51-48(49)50/h10-12,14-15,17-18,24,27-30,33-37,39H,6,13,16,19-23,25H2,1-5,7-9H3,(H,52,63)(H,53,64)(H,54,61)(H,55,62)(H,56,60)(H,57,65)(H,66,67)(H,68,69)(H4,49,50,51)/b18-17+,26-24+/t27-,28-,29-,30+,33-,34-,35-,36+,37-,39+/m0/s1. The minimum atomic E-state index is -3.78. The monoisotopic (exact) mass is 1040 g/mol. The molecule has 0 radical (unpaired) electrons. The Morgan fingerprint density at radius 1 is 0.863 bits per heavy atom. The third-order valence-electron chi connectivity index (χ3n) is 12.0. The van der Waals surface area contributed by atoms with Crippen LogP contribution >= 0.6 is 0 Å². The molecule has 0 saturated carbocycles. The Labute approximate surface area is 425 Å². The van der Waals surface area contributed by atoms with E-state index in [-0.39, 0.29) is 37.4 Å². The summed E-state index contributed by atoms with van der Waals surface area (Å²) in [6.07, 6.45) is 4.58. The molecular formula is C48H72N10O14S. The molecule has 1 aromatic carbocycles. The summed E-state index contributed by atoms with van der Waals surface area (Å²) in [4.78, 5) is 126. The maximum Gasteiger partial charge on any atom is 0.327 e. The minimum Gasteiger partial charge on any atom is -0.480 e. The number of hydrogen-bond donors (Lipinski definition) is 10. The predicted molar refractivity (Wildman–Crippen MR) is 269 cm³/mol. The number of nitrogens with zero attached hydrogens (tertiary/aromatic N) is 2. The van der Waals surface area contributed by atoms with Crippen molar-refractivity contribution >= 4 is 69.1 Å². The summed E-state index contributed by atoms with van der Waals surface area (Å²) in [5.41, 5.74) is 12.2. The molecule has 10 atom stereocenters. The van der Waals surface area contributed by atoms with E-state index in [0.29, 0.717) is 12.0 Å². The molecule has 73 heavy (non-hydrogen) atoms. The Balaban J connectivity index is 2.75. The van der Waals surface area contributed by atoms with E-state index in [9.17, 15) is 61.8 Å². The number of hydrogen-bond acceptors (Lipinski definition) is 13. The Kier molecular flexibility index (Phi) is 24.9. The number of carbonyl (C=O) groups excluding carboxylic acids is 7. The lowest BCUT2D eigenvalue weighted by atomic mass is 9.94. The SMILES string of the molecule is C=C1C(=O)N[C@H](C)C(=O)N[C@@H](CCS(C)(=O)=O)C(=O)N[C@@H](C(=O)O)[C@H](C)C(=O)N[C@@H](CCCN=C(N)N)C(=O)N[C@@H](/C=C/C(C)=C/[C@H](C)[C@H](Cc2ccccc2)OC)[C@H](C)C(=O)N[C@@H](C(=O)O)CCC(=O)N1C. The van der Waals surface area contributed by atoms with Gasteiger partial charge in [-0.3, -0.25) is 38.6 Å². The minimum absolute atomic E-state index is 0.0196. The second-order valence-corrected chi connectivity index (χ2v) is 20.3. The first-order chi connectivity index (χ1) is 34.1. The molecule has 1 aliphatic rings. The highest BCUT2D eigenvalue weighted by molar-refractivity contribution is 7.90. The first kappa shape index (κ1) is 62.0. The van der Waals surface area contributed by atoms with Gasteiger partial charge in [-0.2, -0.15) is 0 Å². The highest BCUT2D eigenvalue weighted by atomic mass is 32.2. The van der Waals surface area contributed by atoms with Crippen molar-refractivity contribution in [2.45, 2.75) is 115 Å². The average Bonchev–Trinajstić information content (AvgIpc) is 3.32. The number of carboxylic acids is 2. The van der Waals surface area contributed by atoms with Crippen LogP contribution in [0.5, 0.6) is 0 Å². The number of sulfone groups is 1. The van der Waals surface area contributed by atoms with Crippen LogP contribution in [0.2, 0.25) is 0 Å². The van der Waals surface area contributed by atoms with Gasteiger partial charge >= 0.3 is 11.9 Å². The van der Waals surface area contributed by atoms with Crippen LogP contribution in [0.25, 0.3) is 0 Å². The first-order valence-electron chi connectivity index (χ1n) is 23.5. The Morgan fingerprint density at radius 2 is 1.45 bits per heavy atom. The molecule has 1 aromatic rings. The van der Waals surface area contributed by atoms with Crippen molar-refractivity contribution < 1.29 is 66.5 Å². The van der Waals surface area contributed by atoms with Crippen LogP contribution in [0.1, 0.15) is 72.3 Å². The van der Waals surface area contributed by atoms with Gasteiger partial charge in [0, 0.05) is 39.3 Å². The number of amides is 7. The summed E-state index contributed by atoms with van der Waals surface area (Å²) in [7, 11) is -1.03. The van der Waals surface area contributed by atoms with E-state index in [4.69, 9.17) is 16.2 Å². The zero-order valence-corrected chi connectivity index (χ0v) is 43.3. The Bertz CT molecular complexity index is 2370. The van der Waals surface area contributed by atoms with E-state index in [2.05, 4.69) is 43.5 Å². The predicted octanol–water partition coefficient (Wildman–Crippen LogP) is -0.993. The van der Waals surface area contributed by atoms with Crippen molar-refractivity contribution in [3.8, 4) is 0 Å². The molecular weight excluding hydrogens is 973 g/mol. The number of aliphatic imine (C=N–C) groups is 1. The zero-order valence-electron chi connectivity index (χ0n) is 42.5. The number of allylic oxidation sites excluding steroid dienone is 2. The molecule has 1 fully saturated rings. The van der Waals surface area contributed by atoms with Crippen LogP contribution in [0.15, 0.2) is 71.4 Å². The molecule has 0 aromatic heterocycles. The van der Waals surface area contributed by atoms with Crippen LogP contribution in [0.4, 0.5) is 0 Å². The molecule has 25 heteroatoms. The summed E-state index contributed by atoms with van der Waals surface area (Å²) < 4.78 is 30.1. The number of rotatable bonds is 16. The van der Waals surface area contributed by atoms with Crippen molar-refractivity contribution in [3.05, 3.63) is 72.0 Å². The largest absolute Gasteiger partial charge is 0.480 e. The van der Waals surface area contributed by atoms with Crippen LogP contribution < -0.4 is 43.4 Å². The van der Waals surface area contributed by atoms with Gasteiger partial charge in [0.1, 0.15) is 45.7 Å². The van der Waals surface area contributed by atoms with Gasteiger partial charge in [0.25, 0.3) is 5.91 Å². The molecule has 12 N–H and O–H groups in total. The van der Waals surface area contributed by atoms with E-state index in [1.165, 1.54) is 19.9 Å². The maximum atomic E-state index is 14.4. The second kappa shape index (κ2) is 29.4. The normalized spacial score (nSPS) is 25.1. The van der Waals surface area contributed by atoms with Crippen molar-refractivity contribution in [2.24, 2.45) is 34.2 Å². The van der Waals surface area contributed by atoms with E-state index in [0.717, 1.165) is 30.7 Å². The van der Waals surface area contributed by atoms with Gasteiger partial charge in [-0.05, 0) is 51.5 Å². The second-order valence-electron chi connectivity index (χ2n) is 18.1. The third kappa shape index (κ3) is 21.2. The zero-order chi connectivity index (χ0) is 55.3. The molecule has 0 spiro atoms. The molecule has 0 aliphatic carbocycles.